The van der Waals surface area contributed by atoms with E-state index in [-0.39, 0.29) is 5.79 Å². The Kier molecular flexibility index (Phi) is 2.39. The highest BCUT2D eigenvalue weighted by Gasteiger charge is 2.38. The molecule has 0 bridgehead atoms. The van der Waals surface area contributed by atoms with E-state index in [4.69, 9.17) is 15.9 Å². The first kappa shape index (κ1) is 8.80. The number of rotatable bonds is 0. The molecule has 2 rings (SSSR count). The Morgan fingerprint density at radius 2 is 1.85 bits per heavy atom. The number of hydrogen-bond acceptors (Lipinski definition) is 2. The van der Waals surface area contributed by atoms with Crippen LogP contribution >= 0.6 is 0 Å². The Balaban J connectivity index is 1.96. The summed E-state index contributed by atoms with van der Waals surface area (Å²) in [7, 11) is 0. The third-order valence-electron chi connectivity index (χ3n) is 2.76. The Labute approximate surface area is 78.9 Å². The first-order valence-corrected chi connectivity index (χ1v) is 4.77. The summed E-state index contributed by atoms with van der Waals surface area (Å²) < 4.78 is 11.2. The molecule has 1 heterocycles. The van der Waals surface area contributed by atoms with Crippen molar-refractivity contribution in [2.75, 3.05) is 13.2 Å². The maximum absolute atomic E-state index is 5.61. The summed E-state index contributed by atoms with van der Waals surface area (Å²) in [4.78, 5) is 0. The van der Waals surface area contributed by atoms with Crippen LogP contribution in [-0.2, 0) is 9.47 Å². The minimum absolute atomic E-state index is 0.258. The normalized spacial score (nSPS) is 25.9. The van der Waals surface area contributed by atoms with Gasteiger partial charge in [0.2, 0.25) is 0 Å². The number of hydrogen-bond donors (Lipinski definition) is 0. The molecule has 70 valence electrons. The van der Waals surface area contributed by atoms with Gasteiger partial charge in [0.25, 0.3) is 0 Å². The van der Waals surface area contributed by atoms with Crippen LogP contribution in [0.4, 0.5) is 0 Å². The van der Waals surface area contributed by atoms with Crippen LogP contribution in [0.2, 0.25) is 0 Å². The van der Waals surface area contributed by atoms with Crippen LogP contribution in [0.15, 0.2) is 11.6 Å². The van der Waals surface area contributed by atoms with Gasteiger partial charge in [0.05, 0.1) is 13.2 Å². The summed E-state index contributed by atoms with van der Waals surface area (Å²) in [6.45, 7) is 1.49. The van der Waals surface area contributed by atoms with E-state index in [1.807, 2.05) is 6.08 Å². The Bertz CT molecular complexity index is 242. The van der Waals surface area contributed by atoms with Gasteiger partial charge in [-0.25, -0.2) is 0 Å². The van der Waals surface area contributed by atoms with Crippen LogP contribution in [0.3, 0.4) is 0 Å². The minimum Gasteiger partial charge on any atom is -0.348 e. The summed E-state index contributed by atoms with van der Waals surface area (Å²) in [5.41, 5.74) is 1.35. The van der Waals surface area contributed by atoms with E-state index < -0.39 is 0 Å². The molecule has 0 aromatic heterocycles. The zero-order valence-electron chi connectivity index (χ0n) is 7.71. The third kappa shape index (κ3) is 1.77. The fraction of sp³-hybridized carbons (Fsp3) is 0.636. The van der Waals surface area contributed by atoms with Crippen LogP contribution in [0.1, 0.15) is 25.7 Å². The van der Waals surface area contributed by atoms with Gasteiger partial charge in [0.1, 0.15) is 0 Å². The van der Waals surface area contributed by atoms with Crippen molar-refractivity contribution in [3.63, 3.8) is 0 Å². The molecule has 0 aromatic rings. The molecule has 0 aromatic carbocycles. The minimum atomic E-state index is -0.258. The largest absolute Gasteiger partial charge is 0.348 e. The lowest BCUT2D eigenvalue weighted by atomic mass is 9.89. The van der Waals surface area contributed by atoms with Crippen molar-refractivity contribution in [1.29, 1.82) is 0 Å². The van der Waals surface area contributed by atoms with Crippen molar-refractivity contribution in [2.24, 2.45) is 0 Å². The molecule has 1 aliphatic heterocycles. The molecule has 1 saturated heterocycles. The van der Waals surface area contributed by atoms with Gasteiger partial charge in [0.15, 0.2) is 5.79 Å². The Morgan fingerprint density at radius 3 is 2.38 bits per heavy atom. The van der Waals surface area contributed by atoms with Gasteiger partial charge in [-0.05, 0) is 18.9 Å². The molecular weight excluding hydrogens is 164 g/mol. The predicted octanol–water partition coefficient (Wildman–Crippen LogP) is 1.86. The molecular formula is C11H14O2. The first-order valence-electron chi connectivity index (χ1n) is 4.77. The molecule has 0 N–H and O–H groups in total. The average molecular weight is 178 g/mol. The van der Waals surface area contributed by atoms with Crippen LogP contribution in [0.5, 0.6) is 0 Å². The van der Waals surface area contributed by atoms with Crippen molar-refractivity contribution < 1.29 is 9.47 Å². The third-order valence-corrected chi connectivity index (χ3v) is 2.76. The number of terminal acetylenes is 1. The summed E-state index contributed by atoms with van der Waals surface area (Å²) >= 11 is 0. The molecule has 2 aliphatic rings. The molecule has 0 atom stereocenters. The van der Waals surface area contributed by atoms with E-state index in [0.29, 0.717) is 0 Å². The van der Waals surface area contributed by atoms with Crippen LogP contribution < -0.4 is 0 Å². The fourth-order valence-electron chi connectivity index (χ4n) is 2.00. The van der Waals surface area contributed by atoms with Crippen molar-refractivity contribution in [1.82, 2.24) is 0 Å². The zero-order valence-corrected chi connectivity index (χ0v) is 7.71. The molecule has 0 unspecified atom stereocenters. The fourth-order valence-corrected chi connectivity index (χ4v) is 2.00. The zero-order chi connectivity index (χ0) is 9.15. The second kappa shape index (κ2) is 3.53. The molecule has 1 saturated carbocycles. The Morgan fingerprint density at radius 1 is 1.23 bits per heavy atom. The standard InChI is InChI=1S/C11H14O2/c1-2-3-10-4-6-11(7-5-10)12-8-9-13-11/h1,3H,4-9H2. The molecule has 0 radical (unpaired) electrons. The highest BCUT2D eigenvalue weighted by Crippen LogP contribution is 2.37. The summed E-state index contributed by atoms with van der Waals surface area (Å²) in [6, 6.07) is 0. The van der Waals surface area contributed by atoms with E-state index >= 15 is 0 Å². The lowest BCUT2D eigenvalue weighted by Crippen LogP contribution is -2.33. The molecule has 13 heavy (non-hydrogen) atoms. The van der Waals surface area contributed by atoms with Crippen molar-refractivity contribution in [3.8, 4) is 12.3 Å². The molecule has 0 amide bonds. The van der Waals surface area contributed by atoms with Gasteiger partial charge in [0, 0.05) is 12.8 Å². The highest BCUT2D eigenvalue weighted by molar-refractivity contribution is 5.19. The lowest BCUT2D eigenvalue weighted by molar-refractivity contribution is -0.171. The van der Waals surface area contributed by atoms with Gasteiger partial charge in [-0.15, -0.1) is 6.42 Å². The predicted molar refractivity (Wildman–Crippen MR) is 50.0 cm³/mol. The SMILES string of the molecule is C#CC=C1CCC2(CC1)OCCO2. The van der Waals surface area contributed by atoms with Crippen LogP contribution in [0.25, 0.3) is 0 Å². The molecule has 2 fully saturated rings. The summed E-state index contributed by atoms with van der Waals surface area (Å²) in [5.74, 6) is 2.31. The molecule has 2 nitrogen and oxygen atoms in total. The highest BCUT2D eigenvalue weighted by atomic mass is 16.7. The molecule has 1 spiro atoms. The lowest BCUT2D eigenvalue weighted by Gasteiger charge is -2.32. The van der Waals surface area contributed by atoms with Crippen molar-refractivity contribution in [3.05, 3.63) is 11.6 Å². The number of ether oxygens (including phenoxy) is 2. The van der Waals surface area contributed by atoms with Gasteiger partial charge in [-0.3, -0.25) is 0 Å². The van der Waals surface area contributed by atoms with Gasteiger partial charge in [-0.2, -0.15) is 0 Å². The van der Waals surface area contributed by atoms with Gasteiger partial charge in [-0.1, -0.05) is 11.5 Å². The smallest absolute Gasteiger partial charge is 0.169 e. The van der Waals surface area contributed by atoms with E-state index in [0.717, 1.165) is 38.9 Å². The molecule has 2 heteroatoms. The summed E-state index contributed by atoms with van der Waals surface area (Å²) in [6.07, 6.45) is 11.0. The summed E-state index contributed by atoms with van der Waals surface area (Å²) in [5, 5.41) is 0. The van der Waals surface area contributed by atoms with Crippen molar-refractivity contribution >= 4 is 0 Å². The van der Waals surface area contributed by atoms with Gasteiger partial charge >= 0.3 is 0 Å². The monoisotopic (exact) mass is 178 g/mol. The van der Waals surface area contributed by atoms with Crippen LogP contribution in [-0.4, -0.2) is 19.0 Å². The first-order chi connectivity index (χ1) is 6.35. The number of allylic oxidation sites excluding steroid dienone is 2. The Hall–Kier alpha value is -0.780. The van der Waals surface area contributed by atoms with Crippen LogP contribution in [0, 0.1) is 12.3 Å². The van der Waals surface area contributed by atoms with E-state index in [1.54, 1.807) is 0 Å². The van der Waals surface area contributed by atoms with E-state index in [2.05, 4.69) is 5.92 Å². The maximum Gasteiger partial charge on any atom is 0.169 e. The average Bonchev–Trinajstić information content (AvgIpc) is 2.59. The maximum atomic E-state index is 5.61. The molecule has 1 aliphatic carbocycles. The van der Waals surface area contributed by atoms with Crippen molar-refractivity contribution in [2.45, 2.75) is 31.5 Å². The van der Waals surface area contributed by atoms with E-state index in [9.17, 15) is 0 Å². The second-order valence-electron chi connectivity index (χ2n) is 3.58. The second-order valence-corrected chi connectivity index (χ2v) is 3.58. The topological polar surface area (TPSA) is 18.5 Å². The van der Waals surface area contributed by atoms with Gasteiger partial charge < -0.3 is 9.47 Å². The van der Waals surface area contributed by atoms with E-state index in [1.165, 1.54) is 5.57 Å². The quantitative estimate of drug-likeness (QED) is 0.527.